The summed E-state index contributed by atoms with van der Waals surface area (Å²) < 4.78 is 0. The van der Waals surface area contributed by atoms with Gasteiger partial charge in [0.1, 0.15) is 5.82 Å². The van der Waals surface area contributed by atoms with Crippen LogP contribution in [0.15, 0.2) is 42.6 Å². The molecule has 108 valence electrons. The zero-order valence-electron chi connectivity index (χ0n) is 12.3. The molecule has 1 aromatic heterocycles. The fourth-order valence-electron chi connectivity index (χ4n) is 2.91. The first-order valence-electron chi connectivity index (χ1n) is 7.32. The number of rotatable bonds is 3. The van der Waals surface area contributed by atoms with Gasteiger partial charge in [-0.05, 0) is 44.0 Å². The molecule has 0 fully saturated rings. The van der Waals surface area contributed by atoms with Crippen LogP contribution in [0.3, 0.4) is 0 Å². The average molecular weight is 281 g/mol. The van der Waals surface area contributed by atoms with Crippen LogP contribution >= 0.6 is 0 Å². The highest BCUT2D eigenvalue weighted by Gasteiger charge is 2.30. The summed E-state index contributed by atoms with van der Waals surface area (Å²) in [6.07, 6.45) is 2.72. The average Bonchev–Trinajstić information content (AvgIpc) is 2.83. The topological polar surface area (TPSA) is 45.2 Å². The van der Waals surface area contributed by atoms with Gasteiger partial charge in [0.05, 0.1) is 5.56 Å². The van der Waals surface area contributed by atoms with Gasteiger partial charge in [0.15, 0.2) is 0 Å². The summed E-state index contributed by atoms with van der Waals surface area (Å²) in [6.45, 7) is 4.69. The molecule has 1 aliphatic heterocycles. The molecule has 1 unspecified atom stereocenters. The number of hydrogen-bond donors (Lipinski definition) is 1. The van der Waals surface area contributed by atoms with E-state index in [0.29, 0.717) is 18.2 Å². The van der Waals surface area contributed by atoms with Crippen LogP contribution in [0.25, 0.3) is 0 Å². The second-order valence-corrected chi connectivity index (χ2v) is 5.29. The molecule has 3 rings (SSSR count). The molecule has 2 aromatic rings. The fourth-order valence-corrected chi connectivity index (χ4v) is 2.91. The lowest BCUT2D eigenvalue weighted by molar-refractivity contribution is 0.0956. The van der Waals surface area contributed by atoms with E-state index in [2.05, 4.69) is 40.3 Å². The van der Waals surface area contributed by atoms with Gasteiger partial charge >= 0.3 is 0 Å². The molecular weight excluding hydrogens is 262 g/mol. The Balaban J connectivity index is 2.07. The first-order valence-corrected chi connectivity index (χ1v) is 7.32. The normalized spacial score (nSPS) is 16.7. The molecule has 0 saturated carbocycles. The lowest BCUT2D eigenvalue weighted by Gasteiger charge is -2.25. The van der Waals surface area contributed by atoms with Crippen LogP contribution in [-0.4, -0.2) is 23.5 Å². The summed E-state index contributed by atoms with van der Waals surface area (Å²) in [5.74, 6) is 0.665. The maximum absolute atomic E-state index is 12.3. The molecule has 21 heavy (non-hydrogen) atoms. The van der Waals surface area contributed by atoms with Crippen molar-refractivity contribution in [2.75, 3.05) is 11.4 Å². The van der Waals surface area contributed by atoms with Gasteiger partial charge in [-0.3, -0.25) is 4.79 Å². The number of pyridine rings is 1. The molecule has 0 aliphatic carbocycles. The quantitative estimate of drug-likeness (QED) is 0.941. The SMILES string of the molecule is CCNC(=O)c1cccnc1N1c2ccccc2CC1C. The highest BCUT2D eigenvalue weighted by molar-refractivity contribution is 6.00. The lowest BCUT2D eigenvalue weighted by atomic mass is 10.1. The molecule has 1 amide bonds. The molecule has 1 aliphatic rings. The van der Waals surface area contributed by atoms with E-state index >= 15 is 0 Å². The number of carbonyl (C=O) groups excluding carboxylic acids is 1. The Bertz CT molecular complexity index is 669. The zero-order valence-corrected chi connectivity index (χ0v) is 12.3. The second kappa shape index (κ2) is 5.56. The van der Waals surface area contributed by atoms with Crippen molar-refractivity contribution < 1.29 is 4.79 Å². The second-order valence-electron chi connectivity index (χ2n) is 5.29. The van der Waals surface area contributed by atoms with Crippen LogP contribution in [0.1, 0.15) is 29.8 Å². The van der Waals surface area contributed by atoms with Gasteiger partial charge < -0.3 is 10.2 Å². The Kier molecular flexibility index (Phi) is 3.60. The Hall–Kier alpha value is -2.36. The highest BCUT2D eigenvalue weighted by Crippen LogP contribution is 2.38. The number of para-hydroxylation sites is 1. The van der Waals surface area contributed by atoms with Gasteiger partial charge in [-0.25, -0.2) is 4.98 Å². The van der Waals surface area contributed by atoms with Crippen LogP contribution in [0.4, 0.5) is 11.5 Å². The maximum atomic E-state index is 12.3. The molecule has 0 spiro atoms. The van der Waals surface area contributed by atoms with Gasteiger partial charge in [-0.2, -0.15) is 0 Å². The summed E-state index contributed by atoms with van der Waals surface area (Å²) in [5.41, 5.74) is 3.08. The predicted molar refractivity (Wildman–Crippen MR) is 84.0 cm³/mol. The van der Waals surface area contributed by atoms with E-state index in [9.17, 15) is 4.79 Å². The molecule has 4 nitrogen and oxygen atoms in total. The minimum absolute atomic E-state index is 0.0721. The predicted octanol–water partition coefficient (Wildman–Crippen LogP) is 2.91. The largest absolute Gasteiger partial charge is 0.352 e. The van der Waals surface area contributed by atoms with Crippen molar-refractivity contribution in [1.29, 1.82) is 0 Å². The summed E-state index contributed by atoms with van der Waals surface area (Å²) in [7, 11) is 0. The monoisotopic (exact) mass is 281 g/mol. The fraction of sp³-hybridized carbons (Fsp3) is 0.294. The van der Waals surface area contributed by atoms with E-state index < -0.39 is 0 Å². The molecular formula is C17H19N3O. The van der Waals surface area contributed by atoms with E-state index in [-0.39, 0.29) is 5.91 Å². The summed E-state index contributed by atoms with van der Waals surface area (Å²) in [5, 5.41) is 2.86. The van der Waals surface area contributed by atoms with Crippen LogP contribution in [0.5, 0.6) is 0 Å². The zero-order chi connectivity index (χ0) is 14.8. The molecule has 1 aromatic carbocycles. The minimum atomic E-state index is -0.0721. The number of nitrogens with one attached hydrogen (secondary N) is 1. The molecule has 1 N–H and O–H groups in total. The highest BCUT2D eigenvalue weighted by atomic mass is 16.1. The van der Waals surface area contributed by atoms with Crippen molar-refractivity contribution in [3.63, 3.8) is 0 Å². The molecule has 1 atom stereocenters. The van der Waals surface area contributed by atoms with Crippen LogP contribution < -0.4 is 10.2 Å². The Morgan fingerprint density at radius 2 is 2.14 bits per heavy atom. The van der Waals surface area contributed by atoms with Crippen LogP contribution in [0, 0.1) is 0 Å². The first kappa shape index (κ1) is 13.6. The third kappa shape index (κ3) is 2.37. The van der Waals surface area contributed by atoms with E-state index in [0.717, 1.165) is 17.9 Å². The first-order chi connectivity index (χ1) is 10.2. The van der Waals surface area contributed by atoms with Crippen molar-refractivity contribution >= 4 is 17.4 Å². The minimum Gasteiger partial charge on any atom is -0.352 e. The van der Waals surface area contributed by atoms with Crippen LogP contribution in [-0.2, 0) is 6.42 Å². The number of hydrogen-bond acceptors (Lipinski definition) is 3. The number of carbonyl (C=O) groups is 1. The number of anilines is 2. The van der Waals surface area contributed by atoms with Crippen molar-refractivity contribution in [2.24, 2.45) is 0 Å². The standard InChI is InChI=1S/C17H19N3O/c1-3-18-17(21)14-8-6-10-19-16(14)20-12(2)11-13-7-4-5-9-15(13)20/h4-10,12H,3,11H2,1-2H3,(H,18,21). The van der Waals surface area contributed by atoms with E-state index in [1.807, 2.05) is 19.1 Å². The number of benzene rings is 1. The summed E-state index contributed by atoms with van der Waals surface area (Å²) in [6, 6.07) is 12.2. The number of fused-ring (bicyclic) bond motifs is 1. The molecule has 0 bridgehead atoms. The van der Waals surface area contributed by atoms with E-state index in [1.165, 1.54) is 5.56 Å². The summed E-state index contributed by atoms with van der Waals surface area (Å²) >= 11 is 0. The lowest BCUT2D eigenvalue weighted by Crippen LogP contribution is -2.30. The Morgan fingerprint density at radius 1 is 1.33 bits per heavy atom. The third-order valence-corrected chi connectivity index (χ3v) is 3.80. The summed E-state index contributed by atoms with van der Waals surface area (Å²) in [4.78, 5) is 18.9. The van der Waals surface area contributed by atoms with Crippen LogP contribution in [0.2, 0.25) is 0 Å². The van der Waals surface area contributed by atoms with Gasteiger partial charge in [-0.15, -0.1) is 0 Å². The number of amides is 1. The Labute approximate surface area is 124 Å². The van der Waals surface area contributed by atoms with E-state index in [4.69, 9.17) is 0 Å². The number of aromatic nitrogens is 1. The van der Waals surface area contributed by atoms with Crippen molar-refractivity contribution in [3.05, 3.63) is 53.7 Å². The molecule has 2 heterocycles. The Morgan fingerprint density at radius 3 is 2.95 bits per heavy atom. The number of nitrogens with zero attached hydrogens (tertiary/aromatic N) is 2. The smallest absolute Gasteiger partial charge is 0.255 e. The van der Waals surface area contributed by atoms with Gasteiger partial charge in [-0.1, -0.05) is 18.2 Å². The molecule has 0 radical (unpaired) electrons. The van der Waals surface area contributed by atoms with Gasteiger partial charge in [0.25, 0.3) is 5.91 Å². The van der Waals surface area contributed by atoms with Gasteiger partial charge in [0.2, 0.25) is 0 Å². The maximum Gasteiger partial charge on any atom is 0.255 e. The van der Waals surface area contributed by atoms with Gasteiger partial charge in [0, 0.05) is 24.5 Å². The van der Waals surface area contributed by atoms with Crippen molar-refractivity contribution in [1.82, 2.24) is 10.3 Å². The van der Waals surface area contributed by atoms with Crippen molar-refractivity contribution in [3.8, 4) is 0 Å². The molecule has 4 heteroatoms. The molecule has 0 saturated heterocycles. The van der Waals surface area contributed by atoms with E-state index in [1.54, 1.807) is 12.3 Å². The van der Waals surface area contributed by atoms with Crippen molar-refractivity contribution in [2.45, 2.75) is 26.3 Å². The third-order valence-electron chi connectivity index (χ3n) is 3.80.